The second-order valence-corrected chi connectivity index (χ2v) is 9.38. The van der Waals surface area contributed by atoms with Crippen LogP contribution >= 0.6 is 0 Å². The summed E-state index contributed by atoms with van der Waals surface area (Å²) in [6.45, 7) is 4.37. The molecule has 13 heteroatoms. The van der Waals surface area contributed by atoms with Crippen LogP contribution in [0, 0.1) is 5.92 Å². The summed E-state index contributed by atoms with van der Waals surface area (Å²) in [5, 5.41) is 12.8. The third kappa shape index (κ3) is 7.62. The molecule has 2 heterocycles. The van der Waals surface area contributed by atoms with E-state index in [9.17, 15) is 22.8 Å². The lowest BCUT2D eigenvalue weighted by atomic mass is 9.96. The van der Waals surface area contributed by atoms with E-state index in [4.69, 9.17) is 4.74 Å². The molecule has 4 N–H and O–H groups in total. The number of carbonyl (C=O) groups is 2. The van der Waals surface area contributed by atoms with Crippen molar-refractivity contribution in [2.24, 2.45) is 5.92 Å². The number of hydrogen-bond acceptors (Lipinski definition) is 7. The summed E-state index contributed by atoms with van der Waals surface area (Å²) in [5.41, 5.74) is 6.02. The quantitative estimate of drug-likeness (QED) is 0.505. The van der Waals surface area contributed by atoms with Gasteiger partial charge in [0.2, 0.25) is 5.91 Å². The van der Waals surface area contributed by atoms with Crippen LogP contribution in [0.1, 0.15) is 52.1 Å². The molecule has 1 aliphatic heterocycles. The monoisotopic (exact) mass is 461 g/mol. The fourth-order valence-electron chi connectivity index (χ4n) is 3.98. The van der Waals surface area contributed by atoms with Crippen LogP contribution in [-0.2, 0) is 22.5 Å². The average molecular weight is 461 g/mol. The van der Waals surface area contributed by atoms with E-state index in [1.165, 1.54) is 0 Å². The molecule has 0 bridgehead atoms. The maximum atomic E-state index is 12.4. The molecule has 0 radical (unpaired) electrons. The Morgan fingerprint density at radius 3 is 2.66 bits per heavy atom. The first-order valence-corrected chi connectivity index (χ1v) is 10.6. The maximum Gasteiger partial charge on any atom is 0.409 e. The van der Waals surface area contributed by atoms with Crippen molar-refractivity contribution in [3.05, 3.63) is 11.9 Å². The van der Waals surface area contributed by atoms with Gasteiger partial charge in [0.05, 0.1) is 24.5 Å². The summed E-state index contributed by atoms with van der Waals surface area (Å²) >= 11 is 0. The first-order chi connectivity index (χ1) is 14.9. The van der Waals surface area contributed by atoms with E-state index in [1.54, 1.807) is 0 Å². The predicted octanol–water partition coefficient (Wildman–Crippen LogP) is 1.39. The molecule has 3 rings (SSSR count). The molecule has 2 fully saturated rings. The van der Waals surface area contributed by atoms with Crippen LogP contribution in [0.4, 0.5) is 18.0 Å². The fraction of sp³-hybridized carbons (Fsp3) is 0.789. The van der Waals surface area contributed by atoms with Crippen LogP contribution in [0.2, 0.25) is 0 Å². The van der Waals surface area contributed by atoms with Crippen LogP contribution in [-0.4, -0.2) is 57.0 Å². The number of alkyl halides is 3. The van der Waals surface area contributed by atoms with Crippen molar-refractivity contribution in [2.45, 2.75) is 89.4 Å². The normalized spacial score (nSPS) is 26.2. The minimum absolute atomic E-state index is 0.104. The van der Waals surface area contributed by atoms with Gasteiger partial charge in [0.15, 0.2) is 6.54 Å². The Hall–Kier alpha value is -2.41. The maximum absolute atomic E-state index is 12.4. The van der Waals surface area contributed by atoms with Gasteiger partial charge in [-0.15, -0.1) is 0 Å². The van der Waals surface area contributed by atoms with E-state index >= 15 is 0 Å². The molecule has 0 aromatic carbocycles. The van der Waals surface area contributed by atoms with Crippen LogP contribution in [0.3, 0.4) is 0 Å². The first-order valence-electron chi connectivity index (χ1n) is 10.6. The van der Waals surface area contributed by atoms with Crippen LogP contribution in [0.25, 0.3) is 0 Å². The zero-order valence-corrected chi connectivity index (χ0v) is 18.3. The number of hydrogen-bond donors (Lipinski definition) is 4. The summed E-state index contributed by atoms with van der Waals surface area (Å²) in [7, 11) is 0. The molecule has 180 valence electrons. The third-order valence-electron chi connectivity index (χ3n) is 5.26. The number of halogens is 3. The number of nitrogens with one attached hydrogen (secondary N) is 4. The topological polar surface area (TPSA) is 122 Å². The number of rotatable bonds is 6. The van der Waals surface area contributed by atoms with E-state index in [0.717, 1.165) is 25.5 Å². The smallest absolute Gasteiger partial charge is 0.409 e. The van der Waals surface area contributed by atoms with Crippen LogP contribution in [0.15, 0.2) is 6.20 Å². The highest BCUT2D eigenvalue weighted by Crippen LogP contribution is 2.33. The molecule has 1 aromatic heterocycles. The molecule has 1 saturated carbocycles. The second-order valence-electron chi connectivity index (χ2n) is 9.38. The predicted molar refractivity (Wildman–Crippen MR) is 107 cm³/mol. The van der Waals surface area contributed by atoms with E-state index in [0.29, 0.717) is 17.1 Å². The highest BCUT2D eigenvalue weighted by atomic mass is 19.4. The SMILES string of the molecule is CC(C)(C)NC(=O)O[C@@H]1CC[C@H](C2CC(NC(=O)Cc3cnn(CC(F)(F)F)n3)NN2)C1. The number of amides is 2. The summed E-state index contributed by atoms with van der Waals surface area (Å²) in [6.07, 6.45) is -1.25. The zero-order chi connectivity index (χ0) is 23.5. The van der Waals surface area contributed by atoms with Crippen molar-refractivity contribution in [1.29, 1.82) is 0 Å². The number of aromatic nitrogens is 3. The fourth-order valence-corrected chi connectivity index (χ4v) is 3.98. The molecule has 1 aliphatic carbocycles. The molecule has 1 saturated heterocycles. The highest BCUT2D eigenvalue weighted by Gasteiger charge is 2.37. The van der Waals surface area contributed by atoms with Crippen molar-refractivity contribution in [3.8, 4) is 0 Å². The second kappa shape index (κ2) is 9.61. The van der Waals surface area contributed by atoms with Crippen molar-refractivity contribution in [2.75, 3.05) is 0 Å². The molecular formula is C19H30F3N7O3. The Kier molecular flexibility index (Phi) is 7.28. The number of carbonyl (C=O) groups excluding carboxylic acids is 2. The van der Waals surface area contributed by atoms with E-state index in [1.807, 2.05) is 20.8 Å². The average Bonchev–Trinajstić information content (AvgIpc) is 3.33. The lowest BCUT2D eigenvalue weighted by Crippen LogP contribution is -2.45. The lowest BCUT2D eigenvalue weighted by molar-refractivity contribution is -0.144. The molecule has 2 amide bonds. The third-order valence-corrected chi connectivity index (χ3v) is 5.26. The highest BCUT2D eigenvalue weighted by molar-refractivity contribution is 5.78. The van der Waals surface area contributed by atoms with Crippen LogP contribution in [0.5, 0.6) is 0 Å². The van der Waals surface area contributed by atoms with E-state index in [-0.39, 0.29) is 41.9 Å². The molecule has 10 nitrogen and oxygen atoms in total. The molecule has 4 atom stereocenters. The number of hydrazine groups is 1. The molecule has 2 aliphatic rings. The summed E-state index contributed by atoms with van der Waals surface area (Å²) in [4.78, 5) is 24.7. The van der Waals surface area contributed by atoms with Crippen molar-refractivity contribution >= 4 is 12.0 Å². The Bertz CT molecular complexity index is 809. The first kappa shape index (κ1) is 24.2. The van der Waals surface area contributed by atoms with E-state index in [2.05, 4.69) is 31.7 Å². The Morgan fingerprint density at radius 1 is 1.22 bits per heavy atom. The van der Waals surface area contributed by atoms with Crippen molar-refractivity contribution < 1.29 is 27.5 Å². The molecule has 0 spiro atoms. The van der Waals surface area contributed by atoms with Gasteiger partial charge in [-0.1, -0.05) is 0 Å². The molecule has 32 heavy (non-hydrogen) atoms. The van der Waals surface area contributed by atoms with Gasteiger partial charge < -0.3 is 15.4 Å². The Labute approximate surface area is 184 Å². The largest absolute Gasteiger partial charge is 0.446 e. The number of ether oxygens (including phenoxy) is 1. The number of nitrogens with zero attached hydrogens (tertiary/aromatic N) is 3. The standard InChI is InChI=1S/C19H30F3N7O3/c1-18(2,3)25-17(31)32-13-5-4-11(6-13)14-8-15(27-26-14)24-16(30)7-12-9-23-29(28-12)10-19(20,21)22/h9,11,13-15,26-27H,4-8,10H2,1-3H3,(H,24,30)(H,25,31)/t11-,13+,14?,15?/m0/s1. The lowest BCUT2D eigenvalue weighted by Gasteiger charge is -2.22. The zero-order valence-electron chi connectivity index (χ0n) is 18.3. The summed E-state index contributed by atoms with van der Waals surface area (Å²) < 4.78 is 42.6. The number of alkyl carbamates (subject to hydrolysis) is 1. The van der Waals surface area contributed by atoms with E-state index < -0.39 is 18.8 Å². The Morgan fingerprint density at radius 2 is 1.97 bits per heavy atom. The van der Waals surface area contributed by atoms with Crippen molar-refractivity contribution in [3.63, 3.8) is 0 Å². The van der Waals surface area contributed by atoms with Gasteiger partial charge in [-0.3, -0.25) is 10.2 Å². The minimum atomic E-state index is -4.42. The molecule has 2 unspecified atom stereocenters. The molecule has 1 aromatic rings. The van der Waals surface area contributed by atoms with Gasteiger partial charge in [-0.25, -0.2) is 10.2 Å². The van der Waals surface area contributed by atoms with Crippen molar-refractivity contribution in [1.82, 2.24) is 36.5 Å². The minimum Gasteiger partial charge on any atom is -0.446 e. The van der Waals surface area contributed by atoms with Gasteiger partial charge in [-0.05, 0) is 52.4 Å². The van der Waals surface area contributed by atoms with Crippen LogP contribution < -0.4 is 21.5 Å². The van der Waals surface area contributed by atoms with Gasteiger partial charge in [0, 0.05) is 11.6 Å². The summed E-state index contributed by atoms with van der Waals surface area (Å²) in [6, 6.07) is 0.104. The Balaban J connectivity index is 1.39. The summed E-state index contributed by atoms with van der Waals surface area (Å²) in [5.74, 6) is -0.0744. The van der Waals surface area contributed by atoms with Gasteiger partial charge in [0.1, 0.15) is 6.10 Å². The van der Waals surface area contributed by atoms with Gasteiger partial charge >= 0.3 is 12.3 Å². The van der Waals surface area contributed by atoms with Gasteiger partial charge in [-0.2, -0.15) is 28.2 Å². The molecular weight excluding hydrogens is 431 g/mol. The van der Waals surface area contributed by atoms with Gasteiger partial charge in [0.25, 0.3) is 0 Å².